The quantitative estimate of drug-likeness (QED) is 0.709. The number of halogens is 1. The van der Waals surface area contributed by atoms with Crippen molar-refractivity contribution in [3.63, 3.8) is 0 Å². The maximum absolute atomic E-state index is 12.1. The van der Waals surface area contributed by atoms with Crippen LogP contribution in [-0.4, -0.2) is 5.91 Å². The highest BCUT2D eigenvalue weighted by atomic mass is 79.9. The van der Waals surface area contributed by atoms with E-state index in [2.05, 4.69) is 21.2 Å². The van der Waals surface area contributed by atoms with Crippen LogP contribution in [-0.2, 0) is 0 Å². The maximum Gasteiger partial charge on any atom is 0.256 e. The molecule has 3 rings (SSSR count). The Morgan fingerprint density at radius 2 is 1.89 bits per heavy atom. The smallest absolute Gasteiger partial charge is 0.256 e. The number of amides is 1. The SMILES string of the molecule is O=C(Nc1cccc2ccccc12)c1csc(Br)c1. The number of fused-ring (bicyclic) bond motifs is 1. The van der Waals surface area contributed by atoms with Crippen LogP contribution in [0.1, 0.15) is 10.4 Å². The summed E-state index contributed by atoms with van der Waals surface area (Å²) in [6.07, 6.45) is 0. The van der Waals surface area contributed by atoms with Crippen LogP contribution in [0.4, 0.5) is 5.69 Å². The van der Waals surface area contributed by atoms with Crippen molar-refractivity contribution in [2.24, 2.45) is 0 Å². The van der Waals surface area contributed by atoms with E-state index in [-0.39, 0.29) is 5.91 Å². The molecule has 0 fully saturated rings. The van der Waals surface area contributed by atoms with Gasteiger partial charge in [-0.05, 0) is 33.4 Å². The van der Waals surface area contributed by atoms with Crippen LogP contribution in [0, 0.1) is 0 Å². The van der Waals surface area contributed by atoms with E-state index in [9.17, 15) is 4.79 Å². The van der Waals surface area contributed by atoms with Gasteiger partial charge in [-0.15, -0.1) is 11.3 Å². The molecule has 0 saturated carbocycles. The molecule has 0 bridgehead atoms. The molecule has 0 atom stereocenters. The summed E-state index contributed by atoms with van der Waals surface area (Å²) in [5.41, 5.74) is 1.51. The first-order chi connectivity index (χ1) is 9.24. The van der Waals surface area contributed by atoms with E-state index >= 15 is 0 Å². The highest BCUT2D eigenvalue weighted by molar-refractivity contribution is 9.11. The van der Waals surface area contributed by atoms with Crippen LogP contribution in [0.3, 0.4) is 0 Å². The molecule has 4 heteroatoms. The van der Waals surface area contributed by atoms with Gasteiger partial charge in [-0.3, -0.25) is 4.79 Å². The fraction of sp³-hybridized carbons (Fsp3) is 0. The highest BCUT2D eigenvalue weighted by Gasteiger charge is 2.09. The molecular weight excluding hydrogens is 322 g/mol. The fourth-order valence-corrected chi connectivity index (χ4v) is 3.09. The average molecular weight is 332 g/mol. The van der Waals surface area contributed by atoms with E-state index in [1.807, 2.05) is 53.9 Å². The average Bonchev–Trinajstić information content (AvgIpc) is 2.86. The van der Waals surface area contributed by atoms with E-state index < -0.39 is 0 Å². The molecule has 2 aromatic carbocycles. The summed E-state index contributed by atoms with van der Waals surface area (Å²) in [5, 5.41) is 6.97. The molecule has 1 N–H and O–H groups in total. The van der Waals surface area contributed by atoms with Crippen molar-refractivity contribution < 1.29 is 4.79 Å². The largest absolute Gasteiger partial charge is 0.321 e. The summed E-state index contributed by atoms with van der Waals surface area (Å²) >= 11 is 4.87. The summed E-state index contributed by atoms with van der Waals surface area (Å²) in [6, 6.07) is 15.7. The highest BCUT2D eigenvalue weighted by Crippen LogP contribution is 2.25. The van der Waals surface area contributed by atoms with Gasteiger partial charge in [-0.1, -0.05) is 36.4 Å². The van der Waals surface area contributed by atoms with Crippen LogP contribution in [0.5, 0.6) is 0 Å². The Bertz CT molecular complexity index is 745. The number of benzene rings is 2. The van der Waals surface area contributed by atoms with E-state index in [0.717, 1.165) is 20.2 Å². The molecule has 94 valence electrons. The first kappa shape index (κ1) is 12.4. The number of carbonyl (C=O) groups excluding carboxylic acids is 1. The van der Waals surface area contributed by atoms with Gasteiger partial charge in [0.1, 0.15) is 0 Å². The second kappa shape index (κ2) is 5.15. The van der Waals surface area contributed by atoms with Crippen molar-refractivity contribution in [3.05, 3.63) is 63.3 Å². The second-order valence-corrected chi connectivity index (χ2v) is 6.41. The standard InChI is InChI=1S/C15H10BrNOS/c16-14-8-11(9-19-14)15(18)17-13-7-3-5-10-4-1-2-6-12(10)13/h1-9H,(H,17,18). The van der Waals surface area contributed by atoms with Crippen molar-refractivity contribution in [1.82, 2.24) is 0 Å². The van der Waals surface area contributed by atoms with E-state index in [1.54, 1.807) is 0 Å². The van der Waals surface area contributed by atoms with Gasteiger partial charge in [-0.25, -0.2) is 0 Å². The summed E-state index contributed by atoms with van der Waals surface area (Å²) in [7, 11) is 0. The normalized spacial score (nSPS) is 10.6. The molecule has 1 heterocycles. The minimum atomic E-state index is -0.0849. The zero-order valence-electron chi connectivity index (χ0n) is 9.89. The number of anilines is 1. The number of nitrogens with one attached hydrogen (secondary N) is 1. The molecule has 2 nitrogen and oxygen atoms in total. The van der Waals surface area contributed by atoms with Gasteiger partial charge in [0.15, 0.2) is 0 Å². The van der Waals surface area contributed by atoms with Gasteiger partial charge >= 0.3 is 0 Å². The summed E-state index contributed by atoms with van der Waals surface area (Å²) in [4.78, 5) is 12.1. The summed E-state index contributed by atoms with van der Waals surface area (Å²) < 4.78 is 0.954. The van der Waals surface area contributed by atoms with E-state index in [4.69, 9.17) is 0 Å². The Balaban J connectivity index is 1.95. The van der Waals surface area contributed by atoms with Crippen molar-refractivity contribution in [2.45, 2.75) is 0 Å². The predicted octanol–water partition coefficient (Wildman–Crippen LogP) is 4.92. The fourth-order valence-electron chi connectivity index (χ4n) is 1.96. The third kappa shape index (κ3) is 2.55. The minimum absolute atomic E-state index is 0.0849. The molecule has 1 amide bonds. The lowest BCUT2D eigenvalue weighted by Crippen LogP contribution is -2.10. The van der Waals surface area contributed by atoms with Crippen molar-refractivity contribution in [2.75, 3.05) is 5.32 Å². The van der Waals surface area contributed by atoms with Gasteiger partial charge < -0.3 is 5.32 Å². The lowest BCUT2D eigenvalue weighted by molar-refractivity contribution is 0.102. The van der Waals surface area contributed by atoms with Crippen LogP contribution < -0.4 is 5.32 Å². The Labute approximate surface area is 123 Å². The van der Waals surface area contributed by atoms with E-state index in [1.165, 1.54) is 11.3 Å². The molecule has 0 unspecified atom stereocenters. The zero-order chi connectivity index (χ0) is 13.2. The van der Waals surface area contributed by atoms with E-state index in [0.29, 0.717) is 5.56 Å². The Morgan fingerprint density at radius 1 is 1.11 bits per heavy atom. The molecule has 0 aliphatic heterocycles. The first-order valence-corrected chi connectivity index (χ1v) is 7.44. The molecule has 1 aromatic heterocycles. The summed E-state index contributed by atoms with van der Waals surface area (Å²) in [5.74, 6) is -0.0849. The van der Waals surface area contributed by atoms with Gasteiger partial charge in [0.05, 0.1) is 9.35 Å². The second-order valence-electron chi connectivity index (χ2n) is 4.12. The number of hydrogen-bond acceptors (Lipinski definition) is 2. The van der Waals surface area contributed by atoms with Crippen molar-refractivity contribution >= 4 is 49.6 Å². The van der Waals surface area contributed by atoms with Crippen LogP contribution in [0.2, 0.25) is 0 Å². The Kier molecular flexibility index (Phi) is 3.36. The zero-order valence-corrected chi connectivity index (χ0v) is 12.3. The minimum Gasteiger partial charge on any atom is -0.321 e. The molecule has 3 aromatic rings. The van der Waals surface area contributed by atoms with Crippen molar-refractivity contribution in [3.8, 4) is 0 Å². The number of rotatable bonds is 2. The molecule has 0 aliphatic carbocycles. The molecule has 0 aliphatic rings. The predicted molar refractivity (Wildman–Crippen MR) is 83.9 cm³/mol. The number of carbonyl (C=O) groups is 1. The Hall–Kier alpha value is -1.65. The van der Waals surface area contributed by atoms with Gasteiger partial charge in [0.2, 0.25) is 0 Å². The maximum atomic E-state index is 12.1. The molecule has 0 saturated heterocycles. The van der Waals surface area contributed by atoms with Gasteiger partial charge in [0.25, 0.3) is 5.91 Å². The van der Waals surface area contributed by atoms with Crippen LogP contribution in [0.25, 0.3) is 10.8 Å². The molecule has 19 heavy (non-hydrogen) atoms. The monoisotopic (exact) mass is 331 g/mol. The summed E-state index contributed by atoms with van der Waals surface area (Å²) in [6.45, 7) is 0. The van der Waals surface area contributed by atoms with Crippen LogP contribution >= 0.6 is 27.3 Å². The third-order valence-electron chi connectivity index (χ3n) is 2.87. The first-order valence-electron chi connectivity index (χ1n) is 5.77. The number of hydrogen-bond donors (Lipinski definition) is 1. The number of thiophene rings is 1. The van der Waals surface area contributed by atoms with Crippen LogP contribution in [0.15, 0.2) is 57.7 Å². The Morgan fingerprint density at radius 3 is 2.68 bits per heavy atom. The molecule has 0 spiro atoms. The molecular formula is C15H10BrNOS. The van der Waals surface area contributed by atoms with Crippen molar-refractivity contribution in [1.29, 1.82) is 0 Å². The lowest BCUT2D eigenvalue weighted by atomic mass is 10.1. The molecule has 0 radical (unpaired) electrons. The third-order valence-corrected chi connectivity index (χ3v) is 4.37. The topological polar surface area (TPSA) is 29.1 Å². The van der Waals surface area contributed by atoms with Gasteiger partial charge in [0, 0.05) is 16.5 Å². The lowest BCUT2D eigenvalue weighted by Gasteiger charge is -2.07. The van der Waals surface area contributed by atoms with Gasteiger partial charge in [-0.2, -0.15) is 0 Å².